The van der Waals surface area contributed by atoms with Crippen LogP contribution in [0.3, 0.4) is 0 Å². The Morgan fingerprint density at radius 1 is 1.39 bits per heavy atom. The summed E-state index contributed by atoms with van der Waals surface area (Å²) >= 11 is 0. The molecule has 1 heterocycles. The lowest BCUT2D eigenvalue weighted by atomic mass is 10.2. The van der Waals surface area contributed by atoms with Gasteiger partial charge >= 0.3 is 11.9 Å². The number of aromatic nitrogens is 2. The van der Waals surface area contributed by atoms with E-state index in [-0.39, 0.29) is 18.1 Å². The van der Waals surface area contributed by atoms with E-state index in [1.165, 1.54) is 12.4 Å². The summed E-state index contributed by atoms with van der Waals surface area (Å²) < 4.78 is 5.05. The molecule has 0 saturated heterocycles. The van der Waals surface area contributed by atoms with Crippen molar-refractivity contribution in [2.45, 2.75) is 13.0 Å². The van der Waals surface area contributed by atoms with E-state index in [1.807, 2.05) is 30.3 Å². The third-order valence-corrected chi connectivity index (χ3v) is 2.90. The summed E-state index contributed by atoms with van der Waals surface area (Å²) in [4.78, 5) is 27.9. The molecule has 0 fully saturated rings. The summed E-state index contributed by atoms with van der Waals surface area (Å²) in [5, 5.41) is 13.3. The molecule has 1 amide bonds. The fourth-order valence-corrected chi connectivity index (χ4v) is 1.79. The van der Waals surface area contributed by atoms with E-state index in [4.69, 9.17) is 4.74 Å². The lowest BCUT2D eigenvalue weighted by Crippen LogP contribution is -2.24. The third kappa shape index (κ3) is 5.27. The SMILES string of the molecule is O=C(NCCC=Cc1nc[nH]c1[N+](=O)[O-])OCc1ccccc1. The van der Waals surface area contributed by atoms with Gasteiger partial charge in [0.1, 0.15) is 6.61 Å². The van der Waals surface area contributed by atoms with Crippen molar-refractivity contribution in [3.8, 4) is 0 Å². The van der Waals surface area contributed by atoms with Crippen LogP contribution in [0.25, 0.3) is 6.08 Å². The Bertz CT molecular complexity index is 682. The molecule has 0 spiro atoms. The second-order valence-corrected chi connectivity index (χ2v) is 4.57. The maximum Gasteiger partial charge on any atom is 0.407 e. The van der Waals surface area contributed by atoms with Gasteiger partial charge in [-0.15, -0.1) is 0 Å². The second-order valence-electron chi connectivity index (χ2n) is 4.57. The highest BCUT2D eigenvalue weighted by Crippen LogP contribution is 2.13. The van der Waals surface area contributed by atoms with Crippen LogP contribution in [0.4, 0.5) is 10.6 Å². The molecule has 120 valence electrons. The number of carbonyl (C=O) groups is 1. The first-order chi connectivity index (χ1) is 11.2. The van der Waals surface area contributed by atoms with Crippen molar-refractivity contribution in [2.24, 2.45) is 0 Å². The largest absolute Gasteiger partial charge is 0.445 e. The van der Waals surface area contributed by atoms with Crippen LogP contribution in [0.1, 0.15) is 17.7 Å². The van der Waals surface area contributed by atoms with Crippen LogP contribution in [-0.4, -0.2) is 27.5 Å². The van der Waals surface area contributed by atoms with Crippen LogP contribution in [0.2, 0.25) is 0 Å². The number of rotatable bonds is 7. The fraction of sp³-hybridized carbons (Fsp3) is 0.200. The van der Waals surface area contributed by atoms with Crippen LogP contribution >= 0.6 is 0 Å². The Morgan fingerprint density at radius 3 is 2.91 bits per heavy atom. The molecule has 0 atom stereocenters. The summed E-state index contributed by atoms with van der Waals surface area (Å²) in [6.45, 7) is 0.574. The number of amides is 1. The molecule has 1 aromatic carbocycles. The number of hydrogen-bond donors (Lipinski definition) is 2. The van der Waals surface area contributed by atoms with Gasteiger partial charge in [-0.05, 0) is 23.0 Å². The van der Waals surface area contributed by atoms with Crippen LogP contribution in [0, 0.1) is 10.1 Å². The van der Waals surface area contributed by atoms with Crippen molar-refractivity contribution >= 4 is 18.0 Å². The number of nitro groups is 1. The smallest absolute Gasteiger partial charge is 0.407 e. The highest BCUT2D eigenvalue weighted by molar-refractivity contribution is 5.67. The molecule has 0 aliphatic rings. The van der Waals surface area contributed by atoms with Gasteiger partial charge in [0, 0.05) is 6.54 Å². The van der Waals surface area contributed by atoms with E-state index < -0.39 is 11.0 Å². The van der Waals surface area contributed by atoms with E-state index in [9.17, 15) is 14.9 Å². The molecule has 8 heteroatoms. The summed E-state index contributed by atoms with van der Waals surface area (Å²) in [5.41, 5.74) is 1.16. The normalized spacial score (nSPS) is 10.6. The Kier molecular flexibility index (Phi) is 5.87. The molecule has 1 aromatic heterocycles. The Labute approximate surface area is 132 Å². The molecule has 0 aliphatic carbocycles. The molecule has 2 rings (SSSR count). The highest BCUT2D eigenvalue weighted by atomic mass is 16.6. The quantitative estimate of drug-likeness (QED) is 0.463. The zero-order valence-electron chi connectivity index (χ0n) is 12.3. The number of nitrogens with one attached hydrogen (secondary N) is 2. The molecular formula is C15H16N4O4. The van der Waals surface area contributed by atoms with Gasteiger partial charge in [-0.1, -0.05) is 36.4 Å². The van der Waals surface area contributed by atoms with Crippen molar-refractivity contribution in [2.75, 3.05) is 6.54 Å². The van der Waals surface area contributed by atoms with Crippen molar-refractivity contribution < 1.29 is 14.5 Å². The minimum atomic E-state index is -0.536. The number of alkyl carbamates (subject to hydrolysis) is 1. The van der Waals surface area contributed by atoms with Gasteiger partial charge in [0.05, 0.1) is 0 Å². The van der Waals surface area contributed by atoms with Crippen molar-refractivity contribution in [3.63, 3.8) is 0 Å². The maximum absolute atomic E-state index is 11.5. The number of imidazole rings is 1. The zero-order valence-corrected chi connectivity index (χ0v) is 12.3. The van der Waals surface area contributed by atoms with E-state index in [2.05, 4.69) is 15.3 Å². The van der Waals surface area contributed by atoms with Gasteiger partial charge < -0.3 is 20.2 Å². The molecule has 0 bridgehead atoms. The van der Waals surface area contributed by atoms with Gasteiger partial charge in [-0.25, -0.2) is 14.8 Å². The Balaban J connectivity index is 1.66. The molecule has 2 N–H and O–H groups in total. The van der Waals surface area contributed by atoms with E-state index in [1.54, 1.807) is 6.08 Å². The average Bonchev–Trinajstić information content (AvgIpc) is 3.02. The number of benzene rings is 1. The first kappa shape index (κ1) is 16.2. The number of ether oxygens (including phenoxy) is 1. The lowest BCUT2D eigenvalue weighted by molar-refractivity contribution is -0.389. The second kappa shape index (κ2) is 8.32. The molecule has 2 aromatic rings. The molecule has 0 unspecified atom stereocenters. The van der Waals surface area contributed by atoms with E-state index in [0.717, 1.165) is 5.56 Å². The molecule has 0 saturated carbocycles. The summed E-state index contributed by atoms with van der Waals surface area (Å²) in [6.07, 6.45) is 4.49. The minimum absolute atomic E-state index is 0.156. The number of H-pyrrole nitrogens is 1. The molecule has 23 heavy (non-hydrogen) atoms. The Hall–Kier alpha value is -3.16. The molecular weight excluding hydrogens is 300 g/mol. The number of nitrogens with zero attached hydrogens (tertiary/aromatic N) is 2. The maximum atomic E-state index is 11.5. The topological polar surface area (TPSA) is 110 Å². The Morgan fingerprint density at radius 2 is 2.17 bits per heavy atom. The van der Waals surface area contributed by atoms with Crippen LogP contribution in [0.5, 0.6) is 0 Å². The summed E-state index contributed by atoms with van der Waals surface area (Å²) in [7, 11) is 0. The number of aromatic amines is 1. The van der Waals surface area contributed by atoms with E-state index >= 15 is 0 Å². The number of carbonyl (C=O) groups excluding carboxylic acids is 1. The van der Waals surface area contributed by atoms with Gasteiger partial charge in [0.25, 0.3) is 0 Å². The summed E-state index contributed by atoms with van der Waals surface area (Å²) in [6, 6.07) is 9.37. The average molecular weight is 316 g/mol. The first-order valence-corrected chi connectivity index (χ1v) is 6.95. The zero-order chi connectivity index (χ0) is 16.5. The highest BCUT2D eigenvalue weighted by Gasteiger charge is 2.11. The van der Waals surface area contributed by atoms with Crippen molar-refractivity contribution in [1.82, 2.24) is 15.3 Å². The van der Waals surface area contributed by atoms with Crippen LogP contribution < -0.4 is 5.32 Å². The molecule has 0 radical (unpaired) electrons. The molecule has 8 nitrogen and oxygen atoms in total. The first-order valence-electron chi connectivity index (χ1n) is 6.95. The van der Waals surface area contributed by atoms with Crippen LogP contribution in [0.15, 0.2) is 42.7 Å². The predicted molar refractivity (Wildman–Crippen MR) is 83.5 cm³/mol. The standard InChI is InChI=1S/C15H16N4O4/c20-15(23-10-12-6-2-1-3-7-12)16-9-5-4-8-13-14(19(21)22)18-11-17-13/h1-4,6-8,11H,5,9-10H2,(H,16,20)(H,17,18). The van der Waals surface area contributed by atoms with Gasteiger partial charge in [-0.3, -0.25) is 0 Å². The lowest BCUT2D eigenvalue weighted by Gasteiger charge is -2.05. The van der Waals surface area contributed by atoms with Crippen molar-refractivity contribution in [3.05, 3.63) is 64.1 Å². The van der Waals surface area contributed by atoms with E-state index in [0.29, 0.717) is 13.0 Å². The summed E-state index contributed by atoms with van der Waals surface area (Å²) in [5.74, 6) is -0.156. The van der Waals surface area contributed by atoms with Gasteiger partial charge in [-0.2, -0.15) is 0 Å². The minimum Gasteiger partial charge on any atom is -0.445 e. The van der Waals surface area contributed by atoms with Gasteiger partial charge in [0.15, 0.2) is 12.0 Å². The van der Waals surface area contributed by atoms with Crippen molar-refractivity contribution in [1.29, 1.82) is 0 Å². The monoisotopic (exact) mass is 316 g/mol. The predicted octanol–water partition coefficient (Wildman–Crippen LogP) is 2.65. The third-order valence-electron chi connectivity index (χ3n) is 2.90. The number of hydrogen-bond acceptors (Lipinski definition) is 5. The fourth-order valence-electron chi connectivity index (χ4n) is 1.79. The van der Waals surface area contributed by atoms with Gasteiger partial charge in [0.2, 0.25) is 0 Å². The van der Waals surface area contributed by atoms with Crippen LogP contribution in [-0.2, 0) is 11.3 Å². The molecule has 0 aliphatic heterocycles.